The Bertz CT molecular complexity index is 522. The first kappa shape index (κ1) is 17.3. The Morgan fingerprint density at radius 3 is 2.30 bits per heavy atom. The highest BCUT2D eigenvalue weighted by atomic mass is 16.5. The number of hydrogen-bond acceptors (Lipinski definition) is 3. The minimum atomic E-state index is -0.445. The van der Waals surface area contributed by atoms with E-state index in [0.717, 1.165) is 18.6 Å². The van der Waals surface area contributed by atoms with Crippen molar-refractivity contribution in [3.63, 3.8) is 0 Å². The lowest BCUT2D eigenvalue weighted by Gasteiger charge is -2.35. The molecule has 0 aliphatic carbocycles. The monoisotopic (exact) mass is 318 g/mol. The topological polar surface area (TPSA) is 58.6 Å². The number of nitrogens with zero attached hydrogens (tertiary/aromatic N) is 1. The minimum absolute atomic E-state index is 0.00774. The summed E-state index contributed by atoms with van der Waals surface area (Å²) in [4.78, 5) is 25.7. The second-order valence-electron chi connectivity index (χ2n) is 6.38. The van der Waals surface area contributed by atoms with Crippen LogP contribution in [0.15, 0.2) is 30.3 Å². The normalized spacial score (nSPS) is 17.0. The second-order valence-corrected chi connectivity index (χ2v) is 6.38. The molecule has 0 spiro atoms. The van der Waals surface area contributed by atoms with E-state index in [1.54, 1.807) is 0 Å². The van der Waals surface area contributed by atoms with E-state index in [-0.39, 0.29) is 23.8 Å². The van der Waals surface area contributed by atoms with Gasteiger partial charge in [0.2, 0.25) is 11.8 Å². The van der Waals surface area contributed by atoms with E-state index in [1.165, 1.54) is 6.92 Å². The SMILES string of the molecule is CC(=O)NC(C(=O)N1CCC(Oc2ccccc2)CC1)C(C)C. The van der Waals surface area contributed by atoms with E-state index in [1.807, 2.05) is 49.1 Å². The van der Waals surface area contributed by atoms with E-state index in [2.05, 4.69) is 5.32 Å². The van der Waals surface area contributed by atoms with Gasteiger partial charge in [-0.25, -0.2) is 0 Å². The first-order chi connectivity index (χ1) is 11.0. The maximum Gasteiger partial charge on any atom is 0.245 e. The van der Waals surface area contributed by atoms with Crippen molar-refractivity contribution < 1.29 is 14.3 Å². The summed E-state index contributed by atoms with van der Waals surface area (Å²) in [7, 11) is 0. The molecular formula is C18H26N2O3. The van der Waals surface area contributed by atoms with Crippen molar-refractivity contribution in [3.05, 3.63) is 30.3 Å². The van der Waals surface area contributed by atoms with Crippen LogP contribution in [0.5, 0.6) is 5.75 Å². The number of ether oxygens (including phenoxy) is 1. The van der Waals surface area contributed by atoms with Crippen LogP contribution >= 0.6 is 0 Å². The van der Waals surface area contributed by atoms with E-state index < -0.39 is 6.04 Å². The fourth-order valence-electron chi connectivity index (χ4n) is 2.81. The van der Waals surface area contributed by atoms with Crippen LogP contribution < -0.4 is 10.1 Å². The van der Waals surface area contributed by atoms with E-state index >= 15 is 0 Å². The molecule has 0 aromatic heterocycles. The molecule has 1 heterocycles. The zero-order valence-corrected chi connectivity index (χ0v) is 14.1. The molecule has 23 heavy (non-hydrogen) atoms. The summed E-state index contributed by atoms with van der Waals surface area (Å²) in [5, 5.41) is 2.77. The Labute approximate surface area is 138 Å². The minimum Gasteiger partial charge on any atom is -0.490 e. The predicted molar refractivity (Wildman–Crippen MR) is 89.1 cm³/mol. The molecule has 1 saturated heterocycles. The first-order valence-electron chi connectivity index (χ1n) is 8.25. The molecule has 0 saturated carbocycles. The molecule has 2 amide bonds. The second kappa shape index (κ2) is 7.99. The van der Waals surface area contributed by atoms with Gasteiger partial charge in [0.05, 0.1) is 0 Å². The van der Waals surface area contributed by atoms with Gasteiger partial charge in [0.25, 0.3) is 0 Å². The number of carbonyl (C=O) groups excluding carboxylic acids is 2. The van der Waals surface area contributed by atoms with Crippen molar-refractivity contribution >= 4 is 11.8 Å². The van der Waals surface area contributed by atoms with Crippen molar-refractivity contribution in [1.82, 2.24) is 10.2 Å². The summed E-state index contributed by atoms with van der Waals surface area (Å²) in [6.45, 7) is 6.68. The number of amides is 2. The van der Waals surface area contributed by atoms with Crippen molar-refractivity contribution in [2.75, 3.05) is 13.1 Å². The van der Waals surface area contributed by atoms with Crippen molar-refractivity contribution in [1.29, 1.82) is 0 Å². The molecule has 1 fully saturated rings. The van der Waals surface area contributed by atoms with Crippen LogP contribution in [-0.2, 0) is 9.59 Å². The number of nitrogens with one attached hydrogen (secondary N) is 1. The number of piperidine rings is 1. The quantitative estimate of drug-likeness (QED) is 0.905. The zero-order valence-electron chi connectivity index (χ0n) is 14.1. The van der Waals surface area contributed by atoms with Crippen molar-refractivity contribution in [2.45, 2.75) is 45.8 Å². The maximum atomic E-state index is 12.6. The molecule has 1 unspecified atom stereocenters. The Morgan fingerprint density at radius 1 is 1.17 bits per heavy atom. The van der Waals surface area contributed by atoms with Gasteiger partial charge >= 0.3 is 0 Å². The third-order valence-corrected chi connectivity index (χ3v) is 4.09. The molecule has 5 nitrogen and oxygen atoms in total. The van der Waals surface area contributed by atoms with Gasteiger partial charge in [-0.05, 0) is 18.1 Å². The smallest absolute Gasteiger partial charge is 0.245 e. The lowest BCUT2D eigenvalue weighted by atomic mass is 10.0. The summed E-state index contributed by atoms with van der Waals surface area (Å²) in [5.74, 6) is 0.785. The number of likely N-dealkylation sites (tertiary alicyclic amines) is 1. The van der Waals surface area contributed by atoms with Gasteiger partial charge in [0.1, 0.15) is 17.9 Å². The third kappa shape index (κ3) is 4.98. The first-order valence-corrected chi connectivity index (χ1v) is 8.25. The molecule has 1 aromatic carbocycles. The number of carbonyl (C=O) groups is 2. The van der Waals surface area contributed by atoms with Gasteiger partial charge in [-0.15, -0.1) is 0 Å². The van der Waals surface area contributed by atoms with Gasteiger partial charge in [-0.1, -0.05) is 32.0 Å². The molecular weight excluding hydrogens is 292 g/mol. The Kier molecular flexibility index (Phi) is 6.02. The molecule has 0 radical (unpaired) electrons. The van der Waals surface area contributed by atoms with Gasteiger partial charge in [-0.2, -0.15) is 0 Å². The van der Waals surface area contributed by atoms with Crippen LogP contribution in [-0.4, -0.2) is 41.9 Å². The molecule has 5 heteroatoms. The highest BCUT2D eigenvalue weighted by molar-refractivity contribution is 5.87. The summed E-state index contributed by atoms with van der Waals surface area (Å²) in [6, 6.07) is 9.32. The standard InChI is InChI=1S/C18H26N2O3/c1-13(2)17(19-14(3)21)18(22)20-11-9-16(10-12-20)23-15-7-5-4-6-8-15/h4-8,13,16-17H,9-12H2,1-3H3,(H,19,21). The molecule has 2 rings (SSSR count). The molecule has 1 N–H and O–H groups in total. The lowest BCUT2D eigenvalue weighted by Crippen LogP contribution is -2.53. The maximum absolute atomic E-state index is 12.6. The fraction of sp³-hybridized carbons (Fsp3) is 0.556. The fourth-order valence-corrected chi connectivity index (χ4v) is 2.81. The molecule has 1 aliphatic heterocycles. The van der Waals surface area contributed by atoms with Gasteiger partial charge in [-0.3, -0.25) is 9.59 Å². The van der Waals surface area contributed by atoms with Crippen LogP contribution in [0, 0.1) is 5.92 Å². The van der Waals surface area contributed by atoms with Crippen LogP contribution in [0.3, 0.4) is 0 Å². The highest BCUT2D eigenvalue weighted by Gasteiger charge is 2.31. The number of hydrogen-bond donors (Lipinski definition) is 1. The Morgan fingerprint density at radius 2 is 1.78 bits per heavy atom. The Hall–Kier alpha value is -2.04. The zero-order chi connectivity index (χ0) is 16.8. The average molecular weight is 318 g/mol. The van der Waals surface area contributed by atoms with Gasteiger partial charge < -0.3 is 15.0 Å². The molecule has 1 aliphatic rings. The van der Waals surface area contributed by atoms with Crippen LogP contribution in [0.4, 0.5) is 0 Å². The largest absolute Gasteiger partial charge is 0.490 e. The summed E-state index contributed by atoms with van der Waals surface area (Å²) >= 11 is 0. The molecule has 126 valence electrons. The van der Waals surface area contributed by atoms with E-state index in [0.29, 0.717) is 13.1 Å². The van der Waals surface area contributed by atoms with Gasteiger partial charge in [0, 0.05) is 32.9 Å². The number of para-hydroxylation sites is 1. The lowest BCUT2D eigenvalue weighted by molar-refractivity contribution is -0.138. The van der Waals surface area contributed by atoms with Crippen molar-refractivity contribution in [2.24, 2.45) is 5.92 Å². The molecule has 1 atom stereocenters. The number of benzene rings is 1. The third-order valence-electron chi connectivity index (χ3n) is 4.09. The van der Waals surface area contributed by atoms with Crippen LogP contribution in [0.1, 0.15) is 33.6 Å². The predicted octanol–water partition coefficient (Wildman–Crippen LogP) is 2.22. The van der Waals surface area contributed by atoms with Gasteiger partial charge in [0.15, 0.2) is 0 Å². The van der Waals surface area contributed by atoms with Crippen LogP contribution in [0.25, 0.3) is 0 Å². The summed E-state index contributed by atoms with van der Waals surface area (Å²) < 4.78 is 5.95. The average Bonchev–Trinajstić information content (AvgIpc) is 2.53. The summed E-state index contributed by atoms with van der Waals surface area (Å²) in [6.07, 6.45) is 1.76. The highest BCUT2D eigenvalue weighted by Crippen LogP contribution is 2.19. The van der Waals surface area contributed by atoms with E-state index in [4.69, 9.17) is 4.74 Å². The number of rotatable bonds is 5. The van der Waals surface area contributed by atoms with Crippen molar-refractivity contribution in [3.8, 4) is 5.75 Å². The summed E-state index contributed by atoms with van der Waals surface area (Å²) in [5.41, 5.74) is 0. The Balaban J connectivity index is 1.87. The molecule has 1 aromatic rings. The van der Waals surface area contributed by atoms with Crippen LogP contribution in [0.2, 0.25) is 0 Å². The van der Waals surface area contributed by atoms with E-state index in [9.17, 15) is 9.59 Å². The molecule has 0 bridgehead atoms.